The van der Waals surface area contributed by atoms with Gasteiger partial charge in [-0.25, -0.2) is 4.98 Å². The molecule has 0 spiro atoms. The van der Waals surface area contributed by atoms with Crippen LogP contribution in [0.15, 0.2) is 42.7 Å². The first kappa shape index (κ1) is 17.9. The predicted octanol–water partition coefficient (Wildman–Crippen LogP) is 2.94. The second kappa shape index (κ2) is 8.48. The normalized spacial score (nSPS) is 22.1. The molecule has 0 aliphatic carbocycles. The number of pyridine rings is 2. The van der Waals surface area contributed by atoms with E-state index in [1.807, 2.05) is 12.1 Å². The van der Waals surface area contributed by atoms with Gasteiger partial charge in [0.2, 0.25) is 0 Å². The summed E-state index contributed by atoms with van der Waals surface area (Å²) in [6.45, 7) is 4.44. The number of hydrogen-bond donors (Lipinski definition) is 2. The van der Waals surface area contributed by atoms with Crippen LogP contribution in [0.4, 0.5) is 11.5 Å². The second-order valence-corrected chi connectivity index (χ2v) is 7.61. The minimum atomic E-state index is -0.187. The van der Waals surface area contributed by atoms with E-state index >= 15 is 0 Å². The molecule has 0 aromatic carbocycles. The lowest BCUT2D eigenvalue weighted by Crippen LogP contribution is -2.22. The van der Waals surface area contributed by atoms with E-state index < -0.39 is 0 Å². The summed E-state index contributed by atoms with van der Waals surface area (Å²) in [6.07, 6.45) is 8.48. The summed E-state index contributed by atoms with van der Waals surface area (Å²) in [5.41, 5.74) is 1.18. The fraction of sp³-hybridized carbons (Fsp3) is 0.476. The molecule has 2 aliphatic rings. The molecule has 4 rings (SSSR count). The molecule has 27 heavy (non-hydrogen) atoms. The van der Waals surface area contributed by atoms with Crippen molar-refractivity contribution in [2.24, 2.45) is 11.8 Å². The number of anilines is 2. The largest absolute Gasteiger partial charge is 0.356 e. The Bertz CT molecular complexity index is 760. The Kier molecular flexibility index (Phi) is 5.63. The quantitative estimate of drug-likeness (QED) is 0.824. The average molecular weight is 365 g/mol. The zero-order chi connectivity index (χ0) is 18.5. The number of aromatic nitrogens is 2. The van der Waals surface area contributed by atoms with Crippen LogP contribution in [0, 0.1) is 11.8 Å². The van der Waals surface area contributed by atoms with Crippen LogP contribution in [-0.4, -0.2) is 42.1 Å². The molecule has 4 heterocycles. The number of carbonyl (C=O) groups excluding carboxylic acids is 1. The molecule has 2 saturated heterocycles. The molecule has 2 aromatic heterocycles. The van der Waals surface area contributed by atoms with Crippen LogP contribution in [0.1, 0.15) is 36.2 Å². The smallest absolute Gasteiger partial charge is 0.274 e. The van der Waals surface area contributed by atoms with Crippen LogP contribution in [0.2, 0.25) is 0 Å². The topological polar surface area (TPSA) is 70.2 Å². The Labute approximate surface area is 160 Å². The van der Waals surface area contributed by atoms with Crippen molar-refractivity contribution >= 4 is 17.4 Å². The predicted molar refractivity (Wildman–Crippen MR) is 107 cm³/mol. The van der Waals surface area contributed by atoms with Crippen LogP contribution >= 0.6 is 0 Å². The highest BCUT2D eigenvalue weighted by Gasteiger charge is 2.25. The van der Waals surface area contributed by atoms with Gasteiger partial charge in [-0.2, -0.15) is 0 Å². The van der Waals surface area contributed by atoms with E-state index in [1.54, 1.807) is 30.6 Å². The Balaban J connectivity index is 1.34. The number of nitrogens with one attached hydrogen (secondary N) is 2. The Morgan fingerprint density at radius 1 is 1.15 bits per heavy atom. The first-order chi connectivity index (χ1) is 13.3. The third kappa shape index (κ3) is 4.63. The number of rotatable bonds is 6. The van der Waals surface area contributed by atoms with Gasteiger partial charge in [0.25, 0.3) is 5.91 Å². The summed E-state index contributed by atoms with van der Waals surface area (Å²) in [4.78, 5) is 23.4. The van der Waals surface area contributed by atoms with Crippen LogP contribution in [0.25, 0.3) is 0 Å². The molecule has 6 nitrogen and oxygen atoms in total. The van der Waals surface area contributed by atoms with E-state index in [-0.39, 0.29) is 5.91 Å². The zero-order valence-corrected chi connectivity index (χ0v) is 15.6. The minimum absolute atomic E-state index is 0.187. The molecule has 0 bridgehead atoms. The van der Waals surface area contributed by atoms with Crippen molar-refractivity contribution in [2.45, 2.75) is 25.7 Å². The minimum Gasteiger partial charge on any atom is -0.356 e. The van der Waals surface area contributed by atoms with E-state index in [0.717, 1.165) is 36.4 Å². The molecule has 0 saturated carbocycles. The first-order valence-electron chi connectivity index (χ1n) is 9.92. The van der Waals surface area contributed by atoms with Crippen molar-refractivity contribution in [3.05, 3.63) is 48.4 Å². The zero-order valence-electron chi connectivity index (χ0n) is 15.6. The third-order valence-electron chi connectivity index (χ3n) is 5.66. The Morgan fingerprint density at radius 2 is 2.00 bits per heavy atom. The maximum Gasteiger partial charge on any atom is 0.274 e. The van der Waals surface area contributed by atoms with Gasteiger partial charge in [0.15, 0.2) is 0 Å². The molecule has 2 N–H and O–H groups in total. The van der Waals surface area contributed by atoms with Crippen molar-refractivity contribution in [3.8, 4) is 0 Å². The lowest BCUT2D eigenvalue weighted by Gasteiger charge is -2.19. The van der Waals surface area contributed by atoms with E-state index in [4.69, 9.17) is 0 Å². The van der Waals surface area contributed by atoms with Crippen LogP contribution in [0.3, 0.4) is 0 Å². The molecule has 1 amide bonds. The monoisotopic (exact) mass is 365 g/mol. The van der Waals surface area contributed by atoms with Crippen molar-refractivity contribution in [3.63, 3.8) is 0 Å². The molecule has 2 aliphatic heterocycles. The maximum absolute atomic E-state index is 12.5. The standard InChI is InChI=1S/C21H27N5O/c27-21(24-18-7-11-22-12-8-18)19-2-1-3-20(25-19)26-13-9-17(15-26)5-4-16-6-10-23-14-16/h1-3,7-8,11-12,16-17,23H,4-6,9-10,13-15H2,(H,22,24,27)/t16-,17+/m0/s1. The van der Waals surface area contributed by atoms with E-state index in [9.17, 15) is 4.79 Å². The van der Waals surface area contributed by atoms with Gasteiger partial charge in [-0.15, -0.1) is 0 Å². The molecule has 2 aromatic rings. The molecule has 0 radical (unpaired) electrons. The molecule has 6 heteroatoms. The molecule has 142 valence electrons. The summed E-state index contributed by atoms with van der Waals surface area (Å²) in [5.74, 6) is 2.31. The number of amides is 1. The number of hydrogen-bond acceptors (Lipinski definition) is 5. The van der Waals surface area contributed by atoms with Crippen LogP contribution in [-0.2, 0) is 0 Å². The third-order valence-corrected chi connectivity index (χ3v) is 5.66. The molecular weight excluding hydrogens is 338 g/mol. The van der Waals surface area contributed by atoms with Crippen molar-refractivity contribution in [2.75, 3.05) is 36.4 Å². The van der Waals surface area contributed by atoms with Crippen molar-refractivity contribution in [1.29, 1.82) is 0 Å². The molecular formula is C21H27N5O. The van der Waals surface area contributed by atoms with Gasteiger partial charge >= 0.3 is 0 Å². The average Bonchev–Trinajstić information content (AvgIpc) is 3.39. The fourth-order valence-corrected chi connectivity index (χ4v) is 4.06. The van der Waals surface area contributed by atoms with Gasteiger partial charge in [0.05, 0.1) is 0 Å². The molecule has 2 fully saturated rings. The lowest BCUT2D eigenvalue weighted by atomic mass is 9.95. The van der Waals surface area contributed by atoms with Crippen molar-refractivity contribution < 1.29 is 4.79 Å². The fourth-order valence-electron chi connectivity index (χ4n) is 4.06. The van der Waals surface area contributed by atoms with Crippen LogP contribution < -0.4 is 15.5 Å². The Morgan fingerprint density at radius 3 is 2.81 bits per heavy atom. The lowest BCUT2D eigenvalue weighted by molar-refractivity contribution is 0.102. The maximum atomic E-state index is 12.5. The van der Waals surface area contributed by atoms with E-state index in [2.05, 4.69) is 25.5 Å². The van der Waals surface area contributed by atoms with Gasteiger partial charge in [-0.1, -0.05) is 6.07 Å². The summed E-state index contributed by atoms with van der Waals surface area (Å²) in [7, 11) is 0. The second-order valence-electron chi connectivity index (χ2n) is 7.61. The van der Waals surface area contributed by atoms with Gasteiger partial charge in [0, 0.05) is 31.2 Å². The summed E-state index contributed by atoms with van der Waals surface area (Å²) in [6, 6.07) is 9.23. The molecule has 2 atom stereocenters. The first-order valence-corrected chi connectivity index (χ1v) is 9.92. The van der Waals surface area contributed by atoms with Crippen LogP contribution in [0.5, 0.6) is 0 Å². The van der Waals surface area contributed by atoms with Gasteiger partial charge in [-0.05, 0) is 74.9 Å². The highest BCUT2D eigenvalue weighted by Crippen LogP contribution is 2.28. The highest BCUT2D eigenvalue weighted by molar-refractivity contribution is 6.03. The van der Waals surface area contributed by atoms with Gasteiger partial charge in [-0.3, -0.25) is 9.78 Å². The van der Waals surface area contributed by atoms with E-state index in [1.165, 1.54) is 38.8 Å². The molecule has 0 unspecified atom stereocenters. The summed E-state index contributed by atoms with van der Waals surface area (Å²) < 4.78 is 0. The number of nitrogens with zero attached hydrogens (tertiary/aromatic N) is 3. The SMILES string of the molecule is O=C(Nc1ccncc1)c1cccc(N2CC[C@@H](CC[C@H]3CCNC3)C2)n1. The number of carbonyl (C=O) groups is 1. The van der Waals surface area contributed by atoms with Gasteiger partial charge in [0.1, 0.15) is 11.5 Å². The van der Waals surface area contributed by atoms with Crippen molar-refractivity contribution in [1.82, 2.24) is 15.3 Å². The van der Waals surface area contributed by atoms with E-state index in [0.29, 0.717) is 5.69 Å². The summed E-state index contributed by atoms with van der Waals surface area (Å²) >= 11 is 0. The summed E-state index contributed by atoms with van der Waals surface area (Å²) in [5, 5.41) is 6.33. The Hall–Kier alpha value is -2.47. The highest BCUT2D eigenvalue weighted by atomic mass is 16.1. The van der Waals surface area contributed by atoms with Gasteiger partial charge < -0.3 is 15.5 Å².